The highest BCUT2D eigenvalue weighted by molar-refractivity contribution is 5.94. The van der Waals surface area contributed by atoms with Crippen LogP contribution in [0.1, 0.15) is 34.6 Å². The van der Waals surface area contributed by atoms with Crippen molar-refractivity contribution >= 4 is 5.91 Å². The number of carbonyl (C=O) groups is 1. The van der Waals surface area contributed by atoms with Gasteiger partial charge in [-0.3, -0.25) is 4.79 Å². The second kappa shape index (κ2) is 7.13. The fraction of sp³-hybridized carbons (Fsp3) is 0.450. The molecule has 0 unspecified atom stereocenters. The van der Waals surface area contributed by atoms with Crippen molar-refractivity contribution in [3.63, 3.8) is 0 Å². The lowest BCUT2D eigenvalue weighted by atomic mass is 9.96. The molecule has 0 radical (unpaired) electrons. The van der Waals surface area contributed by atoms with Crippen LogP contribution >= 0.6 is 0 Å². The molecule has 2 aromatic rings. The van der Waals surface area contributed by atoms with Crippen molar-refractivity contribution in [3.8, 4) is 0 Å². The Labute approximate surface area is 153 Å². The number of amides is 1. The van der Waals surface area contributed by atoms with Crippen LogP contribution in [0.2, 0.25) is 0 Å². The van der Waals surface area contributed by atoms with Crippen LogP contribution in [-0.2, 0) is 16.1 Å². The van der Waals surface area contributed by atoms with E-state index in [1.165, 1.54) is 0 Å². The number of aryl methyl sites for hydroxylation is 1. The van der Waals surface area contributed by atoms with Crippen LogP contribution in [0.3, 0.4) is 0 Å². The number of nitrogens with zero attached hydrogens (tertiary/aromatic N) is 3. The molecule has 1 amide bonds. The van der Waals surface area contributed by atoms with Crippen LogP contribution in [0.5, 0.6) is 0 Å². The molecule has 26 heavy (non-hydrogen) atoms. The Morgan fingerprint density at radius 2 is 2.08 bits per heavy atom. The summed E-state index contributed by atoms with van der Waals surface area (Å²) in [5.41, 5.74) is 1.24. The molecule has 0 saturated carbocycles. The average molecular weight is 353 g/mol. The van der Waals surface area contributed by atoms with Crippen molar-refractivity contribution < 1.29 is 14.3 Å². The highest BCUT2D eigenvalue weighted by Gasteiger charge is 2.51. The van der Waals surface area contributed by atoms with Crippen LogP contribution in [0, 0.1) is 6.92 Å². The monoisotopic (exact) mass is 353 g/mol. The molecule has 2 saturated heterocycles. The largest absolute Gasteiger partial charge is 0.370 e. The van der Waals surface area contributed by atoms with Gasteiger partial charge < -0.3 is 14.4 Å². The molecule has 0 bridgehead atoms. The van der Waals surface area contributed by atoms with Gasteiger partial charge in [-0.1, -0.05) is 30.3 Å². The summed E-state index contributed by atoms with van der Waals surface area (Å²) in [6.07, 6.45) is 4.97. The molecule has 0 aliphatic carbocycles. The number of likely N-dealkylation sites (tertiary alicyclic amines) is 1. The van der Waals surface area contributed by atoms with Gasteiger partial charge in [-0.05, 0) is 25.3 Å². The van der Waals surface area contributed by atoms with Crippen molar-refractivity contribution in [3.05, 3.63) is 59.7 Å². The van der Waals surface area contributed by atoms with Crippen LogP contribution in [0.25, 0.3) is 0 Å². The zero-order valence-corrected chi connectivity index (χ0v) is 14.9. The quantitative estimate of drug-likeness (QED) is 0.844. The van der Waals surface area contributed by atoms with Crippen molar-refractivity contribution in [1.29, 1.82) is 0 Å². The lowest BCUT2D eigenvalue weighted by Crippen LogP contribution is -2.42. The summed E-state index contributed by atoms with van der Waals surface area (Å²) < 4.78 is 12.3. The van der Waals surface area contributed by atoms with Gasteiger partial charge in [0.2, 0.25) is 0 Å². The van der Waals surface area contributed by atoms with Gasteiger partial charge in [0.25, 0.3) is 5.91 Å². The third kappa shape index (κ3) is 3.34. The van der Waals surface area contributed by atoms with E-state index in [1.54, 1.807) is 19.3 Å². The average Bonchev–Trinajstić information content (AvgIpc) is 3.29. The highest BCUT2D eigenvalue weighted by Crippen LogP contribution is 2.37. The molecule has 2 aliphatic heterocycles. The zero-order valence-electron chi connectivity index (χ0n) is 14.9. The van der Waals surface area contributed by atoms with Crippen molar-refractivity contribution in [2.24, 2.45) is 0 Å². The second-order valence-corrected chi connectivity index (χ2v) is 7.01. The summed E-state index contributed by atoms with van der Waals surface area (Å²) in [5, 5.41) is 0. The molecule has 2 aliphatic rings. The second-order valence-electron chi connectivity index (χ2n) is 7.01. The van der Waals surface area contributed by atoms with Gasteiger partial charge in [-0.25, -0.2) is 9.97 Å². The molecule has 6 nitrogen and oxygen atoms in total. The number of ether oxygens (including phenoxy) is 2. The van der Waals surface area contributed by atoms with Gasteiger partial charge >= 0.3 is 0 Å². The van der Waals surface area contributed by atoms with Gasteiger partial charge in [0.05, 0.1) is 25.3 Å². The molecule has 0 N–H and O–H groups in total. The van der Waals surface area contributed by atoms with Crippen molar-refractivity contribution in [2.75, 3.05) is 19.7 Å². The number of rotatable bonds is 4. The maximum Gasteiger partial charge on any atom is 0.257 e. The molecule has 2 fully saturated rings. The van der Waals surface area contributed by atoms with E-state index in [9.17, 15) is 4.79 Å². The zero-order chi connectivity index (χ0) is 18.0. The molecule has 2 atom stereocenters. The molecular weight excluding hydrogens is 330 g/mol. The fourth-order valence-corrected chi connectivity index (χ4v) is 3.77. The highest BCUT2D eigenvalue weighted by atomic mass is 16.6. The van der Waals surface area contributed by atoms with Gasteiger partial charge in [0, 0.05) is 19.0 Å². The van der Waals surface area contributed by atoms with Crippen LogP contribution in [0.4, 0.5) is 0 Å². The summed E-state index contributed by atoms with van der Waals surface area (Å²) in [5.74, 6) is 0.591. The maximum atomic E-state index is 12.9. The van der Waals surface area contributed by atoms with E-state index < -0.39 is 5.60 Å². The van der Waals surface area contributed by atoms with E-state index in [0.29, 0.717) is 31.1 Å². The SMILES string of the molecule is Cc1ncc(C(=O)N2C[C@H](OCc3ccccc3)[C@]3(CCCO3)C2)cn1. The Morgan fingerprint density at radius 1 is 1.31 bits per heavy atom. The normalized spacial score (nSPS) is 25.1. The number of hydrogen-bond acceptors (Lipinski definition) is 5. The topological polar surface area (TPSA) is 64.6 Å². The van der Waals surface area contributed by atoms with Gasteiger partial charge in [-0.15, -0.1) is 0 Å². The molecule has 1 aromatic carbocycles. The Morgan fingerprint density at radius 3 is 2.77 bits per heavy atom. The van der Waals surface area contributed by atoms with Crippen molar-refractivity contribution in [1.82, 2.24) is 14.9 Å². The summed E-state index contributed by atoms with van der Waals surface area (Å²) in [6.45, 7) is 4.13. The summed E-state index contributed by atoms with van der Waals surface area (Å²) in [4.78, 5) is 22.9. The van der Waals surface area contributed by atoms with Crippen LogP contribution in [-0.4, -0.2) is 52.2 Å². The molecule has 1 aromatic heterocycles. The number of aromatic nitrogens is 2. The van der Waals surface area contributed by atoms with Crippen LogP contribution in [0.15, 0.2) is 42.7 Å². The Kier molecular flexibility index (Phi) is 4.70. The summed E-state index contributed by atoms with van der Waals surface area (Å²) >= 11 is 0. The third-order valence-corrected chi connectivity index (χ3v) is 5.17. The number of carbonyl (C=O) groups excluding carboxylic acids is 1. The standard InChI is InChI=1S/C20H23N3O3/c1-15-21-10-17(11-22-15)19(24)23-12-18(20(14-23)8-5-9-26-20)25-13-16-6-3-2-4-7-16/h2-4,6-7,10-11,18H,5,8-9,12-14H2,1H3/t18-,20-/m0/s1. The van der Waals surface area contributed by atoms with E-state index in [-0.39, 0.29) is 12.0 Å². The Hall–Kier alpha value is -2.31. The minimum Gasteiger partial charge on any atom is -0.370 e. The number of hydrogen-bond donors (Lipinski definition) is 0. The first-order valence-corrected chi connectivity index (χ1v) is 9.04. The fourth-order valence-electron chi connectivity index (χ4n) is 3.77. The molecular formula is C20H23N3O3. The minimum absolute atomic E-state index is 0.0642. The maximum absolute atomic E-state index is 12.9. The first-order valence-electron chi connectivity index (χ1n) is 9.04. The molecule has 4 rings (SSSR count). The van der Waals surface area contributed by atoms with E-state index in [4.69, 9.17) is 9.47 Å². The summed E-state index contributed by atoms with van der Waals surface area (Å²) in [6, 6.07) is 10.1. The van der Waals surface area contributed by atoms with E-state index in [1.807, 2.05) is 35.2 Å². The third-order valence-electron chi connectivity index (χ3n) is 5.17. The minimum atomic E-state index is -0.393. The van der Waals surface area contributed by atoms with Gasteiger partial charge in [0.1, 0.15) is 17.5 Å². The van der Waals surface area contributed by atoms with E-state index in [0.717, 1.165) is 25.0 Å². The summed E-state index contributed by atoms with van der Waals surface area (Å²) in [7, 11) is 0. The Bertz CT molecular complexity index is 758. The first kappa shape index (κ1) is 17.1. The smallest absolute Gasteiger partial charge is 0.257 e. The van der Waals surface area contributed by atoms with Gasteiger partial charge in [-0.2, -0.15) is 0 Å². The molecule has 3 heterocycles. The number of benzene rings is 1. The molecule has 6 heteroatoms. The van der Waals surface area contributed by atoms with Gasteiger partial charge in [0.15, 0.2) is 0 Å². The predicted molar refractivity (Wildman–Crippen MR) is 95.6 cm³/mol. The Balaban J connectivity index is 1.48. The van der Waals surface area contributed by atoms with E-state index >= 15 is 0 Å². The first-order chi connectivity index (χ1) is 12.7. The molecule has 136 valence electrons. The van der Waals surface area contributed by atoms with E-state index in [2.05, 4.69) is 9.97 Å². The van der Waals surface area contributed by atoms with Crippen LogP contribution < -0.4 is 0 Å². The predicted octanol–water partition coefficient (Wildman–Crippen LogP) is 2.38. The lowest BCUT2D eigenvalue weighted by Gasteiger charge is -2.28. The van der Waals surface area contributed by atoms with Crippen molar-refractivity contribution in [2.45, 2.75) is 38.1 Å². The lowest BCUT2D eigenvalue weighted by molar-refractivity contribution is -0.0959. The molecule has 1 spiro atoms.